The van der Waals surface area contributed by atoms with E-state index in [1.54, 1.807) is 0 Å². The van der Waals surface area contributed by atoms with Crippen molar-refractivity contribution >= 4 is 27.5 Å². The molecule has 0 saturated carbocycles. The molecule has 118 valence electrons. The summed E-state index contributed by atoms with van der Waals surface area (Å²) in [5.74, 6) is 0. The van der Waals surface area contributed by atoms with Crippen LogP contribution in [-0.2, 0) is 21.1 Å². The number of halogens is 4. The van der Waals surface area contributed by atoms with Crippen molar-refractivity contribution in [2.24, 2.45) is 0 Å². The third-order valence-electron chi connectivity index (χ3n) is 2.84. The van der Waals surface area contributed by atoms with Crippen LogP contribution in [0.5, 0.6) is 0 Å². The molecule has 0 aromatic heterocycles. The predicted octanol–water partition coefficient (Wildman–Crippen LogP) is 2.35. The normalized spacial score (nSPS) is 17.7. The van der Waals surface area contributed by atoms with E-state index >= 15 is 0 Å². The molecule has 0 bridgehead atoms. The van der Waals surface area contributed by atoms with Crippen LogP contribution >= 0.6 is 11.6 Å². The van der Waals surface area contributed by atoms with Crippen LogP contribution in [0, 0.1) is 0 Å². The molecule has 10 heteroatoms. The molecule has 1 aliphatic rings. The highest BCUT2D eigenvalue weighted by atomic mass is 35.5. The van der Waals surface area contributed by atoms with Gasteiger partial charge in [0.1, 0.15) is 0 Å². The molecule has 1 aromatic rings. The molecule has 1 saturated heterocycles. The third-order valence-corrected chi connectivity index (χ3v) is 4.59. The van der Waals surface area contributed by atoms with Crippen LogP contribution in [0.15, 0.2) is 18.2 Å². The minimum absolute atomic E-state index is 0.0876. The maximum atomic E-state index is 12.9. The van der Waals surface area contributed by atoms with Crippen molar-refractivity contribution in [2.75, 3.05) is 31.0 Å². The minimum Gasteiger partial charge on any atom is -0.379 e. The number of rotatable bonds is 3. The maximum Gasteiger partial charge on any atom is 0.418 e. The highest BCUT2D eigenvalue weighted by Crippen LogP contribution is 2.37. The van der Waals surface area contributed by atoms with Crippen LogP contribution in [0.1, 0.15) is 5.56 Å². The Kier molecular flexibility index (Phi) is 4.66. The number of nitrogens with zero attached hydrogens (tertiary/aromatic N) is 1. The predicted molar refractivity (Wildman–Crippen MR) is 71.4 cm³/mol. The van der Waals surface area contributed by atoms with E-state index in [9.17, 15) is 21.6 Å². The lowest BCUT2D eigenvalue weighted by atomic mass is 10.2. The number of hydrogen-bond donors (Lipinski definition) is 1. The number of anilines is 1. The summed E-state index contributed by atoms with van der Waals surface area (Å²) in [5.41, 5.74) is -1.69. The van der Waals surface area contributed by atoms with Crippen molar-refractivity contribution < 1.29 is 26.3 Å². The second-order valence-electron chi connectivity index (χ2n) is 4.31. The van der Waals surface area contributed by atoms with Gasteiger partial charge in [-0.1, -0.05) is 11.6 Å². The van der Waals surface area contributed by atoms with Crippen LogP contribution in [0.2, 0.25) is 5.02 Å². The van der Waals surface area contributed by atoms with Crippen molar-refractivity contribution in [2.45, 2.75) is 6.18 Å². The highest BCUT2D eigenvalue weighted by Gasteiger charge is 2.35. The van der Waals surface area contributed by atoms with Crippen LogP contribution < -0.4 is 4.72 Å². The first kappa shape index (κ1) is 16.3. The maximum absolute atomic E-state index is 12.9. The Morgan fingerprint density at radius 2 is 1.86 bits per heavy atom. The molecule has 1 aliphatic heterocycles. The van der Waals surface area contributed by atoms with Gasteiger partial charge in [0.05, 0.1) is 24.5 Å². The molecule has 1 aromatic carbocycles. The minimum atomic E-state index is -4.71. The van der Waals surface area contributed by atoms with Crippen LogP contribution in [0.25, 0.3) is 0 Å². The standard InChI is InChI=1S/C11H12ClF3N2O3S/c12-8-1-2-10(9(7-8)11(13,14)15)16-21(18,19)17-3-5-20-6-4-17/h1-2,7,16H,3-6H2. The van der Waals surface area contributed by atoms with Crippen molar-refractivity contribution in [1.29, 1.82) is 0 Å². The SMILES string of the molecule is O=S(=O)(Nc1ccc(Cl)cc1C(F)(F)F)N1CCOCC1. The fourth-order valence-corrected chi connectivity index (χ4v) is 3.22. The van der Waals surface area contributed by atoms with E-state index in [0.717, 1.165) is 10.4 Å². The van der Waals surface area contributed by atoms with Gasteiger partial charge in [-0.3, -0.25) is 4.72 Å². The summed E-state index contributed by atoms with van der Waals surface area (Å²) in [6.07, 6.45) is -4.71. The number of morpholine rings is 1. The molecule has 21 heavy (non-hydrogen) atoms. The smallest absolute Gasteiger partial charge is 0.379 e. The second kappa shape index (κ2) is 5.99. The first-order valence-corrected chi connectivity index (χ1v) is 7.74. The summed E-state index contributed by atoms with van der Waals surface area (Å²) in [6.45, 7) is 0.579. The van der Waals surface area contributed by atoms with Crippen molar-refractivity contribution in [3.05, 3.63) is 28.8 Å². The zero-order valence-electron chi connectivity index (χ0n) is 10.7. The number of benzene rings is 1. The van der Waals surface area contributed by atoms with Crippen LogP contribution in [-0.4, -0.2) is 39.0 Å². The molecule has 0 aliphatic carbocycles. The topological polar surface area (TPSA) is 58.6 Å². The summed E-state index contributed by atoms with van der Waals surface area (Å²) in [6, 6.07) is 2.86. The molecule has 5 nitrogen and oxygen atoms in total. The molecule has 0 unspecified atom stereocenters. The first-order chi connectivity index (χ1) is 9.70. The Bertz CT molecular complexity index is 616. The van der Waals surface area contributed by atoms with Gasteiger partial charge in [0.15, 0.2) is 0 Å². The lowest BCUT2D eigenvalue weighted by Crippen LogP contribution is -2.43. The molecule has 1 fully saturated rings. The average Bonchev–Trinajstić information content (AvgIpc) is 2.40. The second-order valence-corrected chi connectivity index (χ2v) is 6.41. The largest absolute Gasteiger partial charge is 0.418 e. The van der Waals surface area contributed by atoms with E-state index < -0.39 is 27.6 Å². The average molecular weight is 345 g/mol. The molecule has 1 heterocycles. The Balaban J connectivity index is 2.30. The number of ether oxygens (including phenoxy) is 1. The number of hydrogen-bond acceptors (Lipinski definition) is 3. The van der Waals surface area contributed by atoms with Crippen LogP contribution in [0.4, 0.5) is 18.9 Å². The van der Waals surface area contributed by atoms with Gasteiger partial charge in [0, 0.05) is 18.1 Å². The molecule has 0 spiro atoms. The molecular formula is C11H12ClF3N2O3S. The molecule has 2 rings (SSSR count). The summed E-state index contributed by atoms with van der Waals surface area (Å²) >= 11 is 5.54. The molecule has 1 N–H and O–H groups in total. The van der Waals surface area contributed by atoms with E-state index in [1.807, 2.05) is 4.72 Å². The van der Waals surface area contributed by atoms with Crippen molar-refractivity contribution in [1.82, 2.24) is 4.31 Å². The quantitative estimate of drug-likeness (QED) is 0.915. The number of alkyl halides is 3. The van der Waals surface area contributed by atoms with Gasteiger partial charge in [0.2, 0.25) is 0 Å². The van der Waals surface area contributed by atoms with Gasteiger partial charge in [-0.05, 0) is 18.2 Å². The fourth-order valence-electron chi connectivity index (χ4n) is 1.83. The van der Waals surface area contributed by atoms with Gasteiger partial charge in [-0.15, -0.1) is 0 Å². The summed E-state index contributed by atoms with van der Waals surface area (Å²) in [7, 11) is -4.07. The number of nitrogens with one attached hydrogen (secondary N) is 1. The monoisotopic (exact) mass is 344 g/mol. The van der Waals surface area contributed by atoms with Gasteiger partial charge in [-0.2, -0.15) is 25.9 Å². The molecule has 0 amide bonds. The van der Waals surface area contributed by atoms with Crippen molar-refractivity contribution in [3.63, 3.8) is 0 Å². The Labute approximate surface area is 124 Å². The zero-order valence-corrected chi connectivity index (χ0v) is 12.2. The van der Waals surface area contributed by atoms with E-state index in [-0.39, 0.29) is 31.3 Å². The Hall–Kier alpha value is -1.03. The van der Waals surface area contributed by atoms with E-state index in [4.69, 9.17) is 16.3 Å². The van der Waals surface area contributed by atoms with E-state index in [2.05, 4.69) is 0 Å². The molecular weight excluding hydrogens is 333 g/mol. The first-order valence-electron chi connectivity index (χ1n) is 5.92. The Morgan fingerprint density at radius 3 is 2.43 bits per heavy atom. The molecule has 0 radical (unpaired) electrons. The van der Waals surface area contributed by atoms with Gasteiger partial charge >= 0.3 is 16.4 Å². The summed E-state index contributed by atoms with van der Waals surface area (Å²) < 4.78 is 70.9. The lowest BCUT2D eigenvalue weighted by molar-refractivity contribution is -0.136. The summed E-state index contributed by atoms with van der Waals surface area (Å²) in [5, 5.41) is -0.128. The van der Waals surface area contributed by atoms with Crippen LogP contribution in [0.3, 0.4) is 0 Å². The third kappa shape index (κ3) is 4.00. The van der Waals surface area contributed by atoms with Gasteiger partial charge < -0.3 is 4.74 Å². The van der Waals surface area contributed by atoms with E-state index in [1.165, 1.54) is 6.07 Å². The fraction of sp³-hybridized carbons (Fsp3) is 0.455. The zero-order chi connectivity index (χ0) is 15.7. The van der Waals surface area contributed by atoms with Gasteiger partial charge in [-0.25, -0.2) is 0 Å². The lowest BCUT2D eigenvalue weighted by Gasteiger charge is -2.27. The van der Waals surface area contributed by atoms with E-state index in [0.29, 0.717) is 6.07 Å². The Morgan fingerprint density at radius 1 is 1.24 bits per heavy atom. The van der Waals surface area contributed by atoms with Gasteiger partial charge in [0.25, 0.3) is 0 Å². The molecule has 0 atom stereocenters. The highest BCUT2D eigenvalue weighted by molar-refractivity contribution is 7.90. The summed E-state index contributed by atoms with van der Waals surface area (Å²) in [4.78, 5) is 0. The van der Waals surface area contributed by atoms with Crippen molar-refractivity contribution in [3.8, 4) is 0 Å².